The number of carbonyl (C=O) groups excluding carboxylic acids is 1. The van der Waals surface area contributed by atoms with Crippen molar-refractivity contribution in [2.75, 3.05) is 19.1 Å². The summed E-state index contributed by atoms with van der Waals surface area (Å²) < 4.78 is 25.9. The quantitative estimate of drug-likeness (QED) is 0.463. The van der Waals surface area contributed by atoms with E-state index in [9.17, 15) is 4.79 Å². The van der Waals surface area contributed by atoms with Crippen molar-refractivity contribution in [3.63, 3.8) is 0 Å². The number of halogens is 1. The van der Waals surface area contributed by atoms with Gasteiger partial charge in [0, 0.05) is 18.0 Å². The van der Waals surface area contributed by atoms with Crippen LogP contribution in [0, 0.1) is 5.82 Å². The predicted molar refractivity (Wildman–Crippen MR) is 118 cm³/mol. The van der Waals surface area contributed by atoms with Gasteiger partial charge in [-0.1, -0.05) is 30.3 Å². The van der Waals surface area contributed by atoms with Crippen molar-refractivity contribution in [3.8, 4) is 23.1 Å². The zero-order valence-electron chi connectivity index (χ0n) is 17.8. The highest BCUT2D eigenvalue weighted by atomic mass is 19.1. The zero-order valence-corrected chi connectivity index (χ0v) is 17.8. The van der Waals surface area contributed by atoms with E-state index in [2.05, 4.69) is 19.9 Å². The summed E-state index contributed by atoms with van der Waals surface area (Å²) in [6.07, 6.45) is 4.10. The number of fused-ring (bicyclic) bond motifs is 1. The number of aromatic nitrogens is 4. The second-order valence-electron chi connectivity index (χ2n) is 7.22. The molecule has 1 unspecified atom stereocenters. The second-order valence-corrected chi connectivity index (χ2v) is 7.22. The smallest absolute Gasteiger partial charge is 0.260 e. The lowest BCUT2D eigenvalue weighted by Gasteiger charge is -2.25. The summed E-state index contributed by atoms with van der Waals surface area (Å²) in [7, 11) is 3.01. The number of hydrogen-bond donors (Lipinski definition) is 0. The SMILES string of the molecule is COc1cc2c(cc1OC)C(c1ccccc1)N(c1nc(-c3ncccn3)ncc1F)C2=O. The maximum atomic E-state index is 15.1. The molecule has 0 N–H and O–H groups in total. The molecule has 0 fully saturated rings. The molecule has 0 bridgehead atoms. The fourth-order valence-electron chi connectivity index (χ4n) is 3.92. The lowest BCUT2D eigenvalue weighted by Crippen LogP contribution is -2.30. The Labute approximate surface area is 188 Å². The first-order valence-electron chi connectivity index (χ1n) is 10.1. The van der Waals surface area contributed by atoms with Crippen molar-refractivity contribution in [1.29, 1.82) is 0 Å². The van der Waals surface area contributed by atoms with Crippen LogP contribution in [0.25, 0.3) is 11.6 Å². The topological polar surface area (TPSA) is 90.3 Å². The molecule has 1 aliphatic heterocycles. The molecule has 8 nitrogen and oxygen atoms in total. The van der Waals surface area contributed by atoms with E-state index in [1.54, 1.807) is 18.2 Å². The van der Waals surface area contributed by atoms with Crippen LogP contribution in [-0.2, 0) is 0 Å². The monoisotopic (exact) mass is 443 g/mol. The minimum Gasteiger partial charge on any atom is -0.493 e. The maximum Gasteiger partial charge on any atom is 0.260 e. The van der Waals surface area contributed by atoms with E-state index in [-0.39, 0.29) is 17.5 Å². The molecule has 0 saturated heterocycles. The fourth-order valence-corrected chi connectivity index (χ4v) is 3.92. The molecule has 0 aliphatic carbocycles. The normalized spacial score (nSPS) is 14.8. The van der Waals surface area contributed by atoms with Crippen molar-refractivity contribution in [2.45, 2.75) is 6.04 Å². The average Bonchev–Trinajstić information content (AvgIpc) is 3.15. The minimum absolute atomic E-state index is 0.109. The van der Waals surface area contributed by atoms with Crippen LogP contribution in [0.2, 0.25) is 0 Å². The Bertz CT molecular complexity index is 1340. The number of nitrogens with zero attached hydrogens (tertiary/aromatic N) is 5. The molecule has 1 atom stereocenters. The first-order valence-corrected chi connectivity index (χ1v) is 10.1. The first-order chi connectivity index (χ1) is 16.1. The zero-order chi connectivity index (χ0) is 22.9. The summed E-state index contributed by atoms with van der Waals surface area (Å²) in [4.78, 5) is 31.6. The number of ether oxygens (including phenoxy) is 2. The van der Waals surface area contributed by atoms with E-state index in [0.29, 0.717) is 22.6 Å². The Morgan fingerprint density at radius 2 is 1.61 bits per heavy atom. The second kappa shape index (κ2) is 8.27. The van der Waals surface area contributed by atoms with Gasteiger partial charge in [-0.05, 0) is 29.3 Å². The summed E-state index contributed by atoms with van der Waals surface area (Å²) in [6.45, 7) is 0. The van der Waals surface area contributed by atoms with Crippen molar-refractivity contribution in [1.82, 2.24) is 19.9 Å². The summed E-state index contributed by atoms with van der Waals surface area (Å²) in [5.74, 6) is -0.123. The highest BCUT2D eigenvalue weighted by Crippen LogP contribution is 2.45. The highest BCUT2D eigenvalue weighted by Gasteiger charge is 2.42. The number of amides is 1. The van der Waals surface area contributed by atoms with Gasteiger partial charge >= 0.3 is 0 Å². The minimum atomic E-state index is -0.740. The third kappa shape index (κ3) is 3.43. The van der Waals surface area contributed by atoms with Crippen molar-refractivity contribution >= 4 is 11.7 Å². The molecule has 0 saturated carbocycles. The molecule has 2 aromatic heterocycles. The molecule has 1 aliphatic rings. The molecule has 3 heterocycles. The summed E-state index contributed by atoms with van der Waals surface area (Å²) in [6, 6.07) is 13.7. The van der Waals surface area contributed by atoms with Crippen molar-refractivity contribution < 1.29 is 18.7 Å². The average molecular weight is 443 g/mol. The van der Waals surface area contributed by atoms with Crippen LogP contribution >= 0.6 is 0 Å². The van der Waals surface area contributed by atoms with Gasteiger partial charge in [0.15, 0.2) is 34.8 Å². The van der Waals surface area contributed by atoms with E-state index in [1.165, 1.54) is 31.5 Å². The lowest BCUT2D eigenvalue weighted by molar-refractivity contribution is 0.0991. The summed E-state index contributed by atoms with van der Waals surface area (Å²) >= 11 is 0. The van der Waals surface area contributed by atoms with Crippen LogP contribution in [0.3, 0.4) is 0 Å². The number of benzene rings is 2. The van der Waals surface area contributed by atoms with Gasteiger partial charge in [-0.3, -0.25) is 9.69 Å². The highest BCUT2D eigenvalue weighted by molar-refractivity contribution is 6.11. The van der Waals surface area contributed by atoms with Crippen molar-refractivity contribution in [2.24, 2.45) is 0 Å². The van der Waals surface area contributed by atoms with E-state index in [0.717, 1.165) is 11.8 Å². The molecular weight excluding hydrogens is 425 g/mol. The maximum absolute atomic E-state index is 15.1. The number of rotatable bonds is 5. The van der Waals surface area contributed by atoms with Gasteiger partial charge in [0.05, 0.1) is 26.5 Å². The summed E-state index contributed by atoms with van der Waals surface area (Å²) in [5, 5.41) is 0. The molecule has 0 radical (unpaired) electrons. The Kier molecular flexibility index (Phi) is 5.14. The van der Waals surface area contributed by atoms with Gasteiger partial charge in [0.25, 0.3) is 5.91 Å². The molecule has 164 valence electrons. The van der Waals surface area contributed by atoms with Crippen LogP contribution in [0.5, 0.6) is 11.5 Å². The Morgan fingerprint density at radius 3 is 2.30 bits per heavy atom. The standard InChI is InChI=1S/C24H18FN5O3/c1-32-18-11-15-16(12-19(18)33-2)24(31)30(20(15)14-7-4-3-5-8-14)23-17(25)13-28-22(29-23)21-26-9-6-10-27-21/h3-13,20H,1-2H3. The third-order valence-corrected chi connectivity index (χ3v) is 5.39. The van der Waals surface area contributed by atoms with Crippen LogP contribution in [0.4, 0.5) is 10.2 Å². The van der Waals surface area contributed by atoms with E-state index in [1.807, 2.05) is 30.3 Å². The Morgan fingerprint density at radius 1 is 0.909 bits per heavy atom. The van der Waals surface area contributed by atoms with Gasteiger partial charge in [0.2, 0.25) is 0 Å². The molecule has 0 spiro atoms. The van der Waals surface area contributed by atoms with E-state index in [4.69, 9.17) is 9.47 Å². The van der Waals surface area contributed by atoms with E-state index < -0.39 is 17.8 Å². The Hall–Kier alpha value is -4.40. The van der Waals surface area contributed by atoms with Crippen LogP contribution in [-0.4, -0.2) is 40.1 Å². The predicted octanol–water partition coefficient (Wildman–Crippen LogP) is 3.84. The van der Waals surface area contributed by atoms with Gasteiger partial charge in [0.1, 0.15) is 0 Å². The Balaban J connectivity index is 1.72. The van der Waals surface area contributed by atoms with Gasteiger partial charge in [-0.2, -0.15) is 0 Å². The van der Waals surface area contributed by atoms with Crippen LogP contribution < -0.4 is 14.4 Å². The largest absolute Gasteiger partial charge is 0.493 e. The molecule has 9 heteroatoms. The number of carbonyl (C=O) groups is 1. The third-order valence-electron chi connectivity index (χ3n) is 5.39. The van der Waals surface area contributed by atoms with Gasteiger partial charge in [-0.25, -0.2) is 24.3 Å². The molecule has 4 aromatic rings. The lowest BCUT2D eigenvalue weighted by atomic mass is 9.97. The van der Waals surface area contributed by atoms with Crippen molar-refractivity contribution in [3.05, 3.63) is 89.6 Å². The molecule has 33 heavy (non-hydrogen) atoms. The molecule has 2 aromatic carbocycles. The molecule has 5 rings (SSSR count). The molecular formula is C24H18FN5O3. The molecule has 1 amide bonds. The van der Waals surface area contributed by atoms with Crippen LogP contribution in [0.15, 0.2) is 67.1 Å². The first kappa shape index (κ1) is 20.5. The van der Waals surface area contributed by atoms with E-state index >= 15 is 4.39 Å². The summed E-state index contributed by atoms with van der Waals surface area (Å²) in [5.41, 5.74) is 1.81. The van der Waals surface area contributed by atoms with Gasteiger partial charge in [-0.15, -0.1) is 0 Å². The number of hydrogen-bond acceptors (Lipinski definition) is 7. The van der Waals surface area contributed by atoms with Gasteiger partial charge < -0.3 is 9.47 Å². The van der Waals surface area contributed by atoms with Crippen LogP contribution in [0.1, 0.15) is 27.5 Å². The number of anilines is 1. The fraction of sp³-hybridized carbons (Fsp3) is 0.125. The number of methoxy groups -OCH3 is 2.